The highest BCUT2D eigenvalue weighted by Crippen LogP contribution is 2.25. The number of amides is 1. The summed E-state index contributed by atoms with van der Waals surface area (Å²) in [7, 11) is 0. The molecule has 1 aromatic heterocycles. The van der Waals surface area contributed by atoms with Crippen LogP contribution in [-0.4, -0.2) is 16.1 Å². The van der Waals surface area contributed by atoms with Gasteiger partial charge in [-0.2, -0.15) is 0 Å². The zero-order valence-electron chi connectivity index (χ0n) is 13.9. The first-order chi connectivity index (χ1) is 12.2. The normalized spacial score (nSPS) is 10.6. The lowest BCUT2D eigenvalue weighted by atomic mass is 10.2. The van der Waals surface area contributed by atoms with Crippen LogP contribution in [-0.2, 0) is 10.5 Å². The molecule has 0 radical (unpaired) electrons. The second-order valence-corrected chi connectivity index (χ2v) is 6.53. The number of hydrogen-bond donors (Lipinski definition) is 1. The van der Waals surface area contributed by atoms with E-state index in [-0.39, 0.29) is 5.91 Å². The van der Waals surface area contributed by atoms with Crippen LogP contribution in [0.3, 0.4) is 0 Å². The molecule has 6 heteroatoms. The average Bonchev–Trinajstić information content (AvgIpc) is 3.11. The smallest absolute Gasteiger partial charge is 0.247 e. The standard InChI is InChI=1S/C19H19N3O2S/c1-2-6-17(23)20-15-9-11-16(12-10-15)25-13-18-21-22-19(24-18)14-7-4-3-5-8-14/h3-5,7-12H,2,6,13H2,1H3,(H,20,23). The van der Waals surface area contributed by atoms with Gasteiger partial charge in [0.15, 0.2) is 0 Å². The molecule has 5 nitrogen and oxygen atoms in total. The summed E-state index contributed by atoms with van der Waals surface area (Å²) in [4.78, 5) is 12.7. The first-order valence-electron chi connectivity index (χ1n) is 8.15. The van der Waals surface area contributed by atoms with Crippen molar-refractivity contribution in [3.8, 4) is 11.5 Å². The summed E-state index contributed by atoms with van der Waals surface area (Å²) in [5, 5.41) is 11.1. The van der Waals surface area contributed by atoms with Crippen LogP contribution in [0, 0.1) is 0 Å². The average molecular weight is 353 g/mol. The van der Waals surface area contributed by atoms with E-state index in [0.717, 1.165) is 22.6 Å². The minimum atomic E-state index is 0.0437. The Kier molecular flexibility index (Phi) is 5.85. The van der Waals surface area contributed by atoms with Crippen molar-refractivity contribution in [3.63, 3.8) is 0 Å². The first-order valence-corrected chi connectivity index (χ1v) is 9.13. The van der Waals surface area contributed by atoms with Gasteiger partial charge in [0.1, 0.15) is 0 Å². The molecule has 25 heavy (non-hydrogen) atoms. The molecule has 0 spiro atoms. The molecule has 1 amide bonds. The van der Waals surface area contributed by atoms with Crippen LogP contribution >= 0.6 is 11.8 Å². The van der Waals surface area contributed by atoms with Crippen molar-refractivity contribution < 1.29 is 9.21 Å². The number of nitrogens with one attached hydrogen (secondary N) is 1. The Hall–Kier alpha value is -2.60. The molecular weight excluding hydrogens is 334 g/mol. The van der Waals surface area contributed by atoms with Gasteiger partial charge in [-0.15, -0.1) is 22.0 Å². The number of carbonyl (C=O) groups is 1. The number of hydrogen-bond acceptors (Lipinski definition) is 5. The Labute approximate surface area is 150 Å². The summed E-state index contributed by atoms with van der Waals surface area (Å²) >= 11 is 1.61. The Balaban J connectivity index is 1.55. The number of aromatic nitrogens is 2. The third-order valence-electron chi connectivity index (χ3n) is 3.47. The van der Waals surface area contributed by atoms with E-state index in [1.807, 2.05) is 61.5 Å². The van der Waals surface area contributed by atoms with E-state index in [1.165, 1.54) is 0 Å². The van der Waals surface area contributed by atoms with Crippen LogP contribution in [0.4, 0.5) is 5.69 Å². The predicted octanol–water partition coefficient (Wildman–Crippen LogP) is 4.77. The van der Waals surface area contributed by atoms with Gasteiger partial charge in [0.2, 0.25) is 17.7 Å². The summed E-state index contributed by atoms with van der Waals surface area (Å²) in [5.74, 6) is 1.76. The van der Waals surface area contributed by atoms with E-state index < -0.39 is 0 Å². The number of thioether (sulfide) groups is 1. The topological polar surface area (TPSA) is 68.0 Å². The molecule has 0 bridgehead atoms. The van der Waals surface area contributed by atoms with Crippen molar-refractivity contribution in [1.82, 2.24) is 10.2 Å². The maximum Gasteiger partial charge on any atom is 0.247 e. The van der Waals surface area contributed by atoms with Crippen molar-refractivity contribution >= 4 is 23.4 Å². The maximum absolute atomic E-state index is 11.6. The van der Waals surface area contributed by atoms with Crippen LogP contribution < -0.4 is 5.32 Å². The Morgan fingerprint density at radius 2 is 1.84 bits per heavy atom. The van der Waals surface area contributed by atoms with Gasteiger partial charge < -0.3 is 9.73 Å². The minimum absolute atomic E-state index is 0.0437. The number of nitrogens with zero attached hydrogens (tertiary/aromatic N) is 2. The number of rotatable bonds is 7. The van der Waals surface area contributed by atoms with Crippen molar-refractivity contribution in [3.05, 3.63) is 60.5 Å². The monoisotopic (exact) mass is 353 g/mol. The molecule has 0 fully saturated rings. The Morgan fingerprint density at radius 1 is 1.08 bits per heavy atom. The molecule has 0 atom stereocenters. The molecule has 0 aliphatic rings. The van der Waals surface area contributed by atoms with Gasteiger partial charge >= 0.3 is 0 Å². The summed E-state index contributed by atoms with van der Waals surface area (Å²) in [6.07, 6.45) is 1.38. The highest BCUT2D eigenvalue weighted by Gasteiger charge is 2.08. The highest BCUT2D eigenvalue weighted by atomic mass is 32.2. The van der Waals surface area contributed by atoms with Crippen LogP contribution in [0.5, 0.6) is 0 Å². The maximum atomic E-state index is 11.6. The zero-order valence-corrected chi connectivity index (χ0v) is 14.8. The quantitative estimate of drug-likeness (QED) is 0.620. The molecule has 0 aliphatic carbocycles. The van der Waals surface area contributed by atoms with Crippen LogP contribution in [0.2, 0.25) is 0 Å². The molecule has 0 aliphatic heterocycles. The zero-order chi connectivity index (χ0) is 17.5. The lowest BCUT2D eigenvalue weighted by molar-refractivity contribution is -0.116. The Morgan fingerprint density at radius 3 is 2.56 bits per heavy atom. The van der Waals surface area contributed by atoms with Crippen LogP contribution in [0.1, 0.15) is 25.7 Å². The number of benzene rings is 2. The van der Waals surface area contributed by atoms with Crippen molar-refractivity contribution in [2.75, 3.05) is 5.32 Å². The van der Waals surface area contributed by atoms with Crippen molar-refractivity contribution in [2.45, 2.75) is 30.4 Å². The Bertz CT molecular complexity index is 816. The van der Waals surface area contributed by atoms with Gasteiger partial charge in [-0.25, -0.2) is 0 Å². The van der Waals surface area contributed by atoms with E-state index >= 15 is 0 Å². The number of anilines is 1. The largest absolute Gasteiger partial charge is 0.420 e. The van der Waals surface area contributed by atoms with Gasteiger partial charge in [-0.1, -0.05) is 25.1 Å². The lowest BCUT2D eigenvalue weighted by Gasteiger charge is -2.05. The molecule has 3 rings (SSSR count). The molecule has 3 aromatic rings. The molecule has 128 valence electrons. The van der Waals surface area contributed by atoms with E-state index in [2.05, 4.69) is 15.5 Å². The fourth-order valence-corrected chi connectivity index (χ4v) is 2.97. The molecule has 2 aromatic carbocycles. The predicted molar refractivity (Wildman–Crippen MR) is 99.3 cm³/mol. The lowest BCUT2D eigenvalue weighted by Crippen LogP contribution is -2.10. The molecule has 1 heterocycles. The second-order valence-electron chi connectivity index (χ2n) is 5.48. The van der Waals surface area contributed by atoms with E-state index in [9.17, 15) is 4.79 Å². The fourth-order valence-electron chi connectivity index (χ4n) is 2.24. The van der Waals surface area contributed by atoms with Crippen molar-refractivity contribution in [1.29, 1.82) is 0 Å². The summed E-state index contributed by atoms with van der Waals surface area (Å²) in [6.45, 7) is 1.99. The van der Waals surface area contributed by atoms with Gasteiger partial charge in [-0.3, -0.25) is 4.79 Å². The second kappa shape index (κ2) is 8.48. The summed E-state index contributed by atoms with van der Waals surface area (Å²) in [6, 6.07) is 17.5. The van der Waals surface area contributed by atoms with Crippen LogP contribution in [0.25, 0.3) is 11.5 Å². The highest BCUT2D eigenvalue weighted by molar-refractivity contribution is 7.98. The van der Waals surface area contributed by atoms with Gasteiger partial charge in [0.05, 0.1) is 5.75 Å². The molecule has 1 N–H and O–H groups in total. The SMILES string of the molecule is CCCC(=O)Nc1ccc(SCc2nnc(-c3ccccc3)o2)cc1. The van der Waals surface area contributed by atoms with Gasteiger partial charge in [0.25, 0.3) is 0 Å². The van der Waals surface area contributed by atoms with Crippen LogP contribution in [0.15, 0.2) is 63.9 Å². The van der Waals surface area contributed by atoms with Gasteiger partial charge in [-0.05, 0) is 42.8 Å². The molecular formula is C19H19N3O2S. The minimum Gasteiger partial charge on any atom is -0.420 e. The number of carbonyl (C=O) groups excluding carboxylic acids is 1. The van der Waals surface area contributed by atoms with Crippen molar-refractivity contribution in [2.24, 2.45) is 0 Å². The molecule has 0 saturated heterocycles. The summed E-state index contributed by atoms with van der Waals surface area (Å²) < 4.78 is 5.69. The summed E-state index contributed by atoms with van der Waals surface area (Å²) in [5.41, 5.74) is 1.73. The fraction of sp³-hybridized carbons (Fsp3) is 0.211. The van der Waals surface area contributed by atoms with Gasteiger partial charge in [0, 0.05) is 22.6 Å². The van der Waals surface area contributed by atoms with E-state index in [1.54, 1.807) is 11.8 Å². The third-order valence-corrected chi connectivity index (χ3v) is 4.46. The van der Waals surface area contributed by atoms with E-state index in [4.69, 9.17) is 4.42 Å². The molecule has 0 saturated carbocycles. The first kappa shape index (κ1) is 17.2. The third kappa shape index (κ3) is 4.93. The van der Waals surface area contributed by atoms with E-state index in [0.29, 0.717) is 24.0 Å². The molecule has 0 unspecified atom stereocenters.